The summed E-state index contributed by atoms with van der Waals surface area (Å²) in [6, 6.07) is 4.52. The van der Waals surface area contributed by atoms with Crippen molar-refractivity contribution in [2.45, 2.75) is 24.3 Å². The first-order valence-corrected chi connectivity index (χ1v) is 13.4. The molecule has 0 bridgehead atoms. The first-order chi connectivity index (χ1) is 14.0. The topological polar surface area (TPSA) is 141 Å². The Bertz CT molecular complexity index is 1220. The summed E-state index contributed by atoms with van der Waals surface area (Å²) in [6.45, 7) is 1.40. The molecule has 1 aromatic carbocycles. The van der Waals surface area contributed by atoms with Crippen molar-refractivity contribution in [1.82, 2.24) is 8.87 Å². The van der Waals surface area contributed by atoms with E-state index in [1.54, 1.807) is 17.7 Å². The van der Waals surface area contributed by atoms with E-state index in [9.17, 15) is 21.6 Å². The molecule has 2 aromatic rings. The zero-order valence-electron chi connectivity index (χ0n) is 16.6. The van der Waals surface area contributed by atoms with Gasteiger partial charge in [-0.2, -0.15) is 4.99 Å². The lowest BCUT2D eigenvalue weighted by Crippen LogP contribution is -2.39. The zero-order valence-corrected chi connectivity index (χ0v) is 19.1. The number of hydrogen-bond acceptors (Lipinski definition) is 7. The normalized spacial score (nSPS) is 17.6. The van der Waals surface area contributed by atoms with Crippen molar-refractivity contribution in [3.63, 3.8) is 0 Å². The number of primary sulfonamides is 1. The highest BCUT2D eigenvalue weighted by molar-refractivity contribution is 7.89. The maximum atomic E-state index is 12.8. The minimum Gasteiger partial charge on any atom is -0.383 e. The lowest BCUT2D eigenvalue weighted by Gasteiger charge is -2.28. The number of carbonyl (C=O) groups excluding carboxylic acids is 1. The van der Waals surface area contributed by atoms with Crippen molar-refractivity contribution < 1.29 is 26.4 Å². The molecule has 0 atom stereocenters. The third-order valence-electron chi connectivity index (χ3n) is 4.98. The van der Waals surface area contributed by atoms with Crippen molar-refractivity contribution >= 4 is 47.5 Å². The highest BCUT2D eigenvalue weighted by Gasteiger charge is 2.29. The highest BCUT2D eigenvalue weighted by atomic mass is 32.2. The van der Waals surface area contributed by atoms with Crippen LogP contribution in [0.25, 0.3) is 10.2 Å². The monoisotopic (exact) mass is 476 g/mol. The maximum Gasteiger partial charge on any atom is 0.251 e. The van der Waals surface area contributed by atoms with Gasteiger partial charge in [0.15, 0.2) is 4.80 Å². The Morgan fingerprint density at radius 3 is 2.50 bits per heavy atom. The molecule has 1 saturated heterocycles. The van der Waals surface area contributed by atoms with Crippen LogP contribution < -0.4 is 9.94 Å². The Morgan fingerprint density at radius 2 is 1.93 bits per heavy atom. The van der Waals surface area contributed by atoms with Crippen LogP contribution in [0, 0.1) is 5.92 Å². The highest BCUT2D eigenvalue weighted by Crippen LogP contribution is 2.23. The van der Waals surface area contributed by atoms with E-state index in [0.717, 1.165) is 11.8 Å². The number of ether oxygens (including phenoxy) is 1. The van der Waals surface area contributed by atoms with E-state index < -0.39 is 20.0 Å². The Balaban J connectivity index is 1.95. The molecule has 1 aliphatic rings. The number of hydrogen-bond donors (Lipinski definition) is 1. The molecular weight excluding hydrogens is 452 g/mol. The third kappa shape index (κ3) is 5.15. The summed E-state index contributed by atoms with van der Waals surface area (Å²) in [5.74, 6) is -0.670. The average molecular weight is 477 g/mol. The number of aromatic nitrogens is 1. The molecule has 2 N–H and O–H groups in total. The van der Waals surface area contributed by atoms with E-state index in [1.807, 2.05) is 0 Å². The largest absolute Gasteiger partial charge is 0.383 e. The SMILES string of the molecule is COCCn1c(=NC(=O)C2CCN(S(C)(=O)=O)CC2)sc2cc(S(N)(=O)=O)ccc21. The van der Waals surface area contributed by atoms with E-state index in [2.05, 4.69) is 4.99 Å². The molecule has 2 heterocycles. The summed E-state index contributed by atoms with van der Waals surface area (Å²) in [6.07, 6.45) is 1.98. The summed E-state index contributed by atoms with van der Waals surface area (Å²) in [5, 5.41) is 5.22. The van der Waals surface area contributed by atoms with Crippen molar-refractivity contribution in [1.29, 1.82) is 0 Å². The van der Waals surface area contributed by atoms with Gasteiger partial charge in [0.05, 0.1) is 28.0 Å². The van der Waals surface area contributed by atoms with E-state index in [-0.39, 0.29) is 16.7 Å². The Morgan fingerprint density at radius 1 is 1.27 bits per heavy atom. The molecule has 3 rings (SSSR count). The molecule has 166 valence electrons. The van der Waals surface area contributed by atoms with Crippen molar-refractivity contribution in [2.75, 3.05) is 33.1 Å². The predicted molar refractivity (Wildman–Crippen MR) is 113 cm³/mol. The third-order valence-corrected chi connectivity index (χ3v) is 8.24. The van der Waals surface area contributed by atoms with Crippen LogP contribution in [0.4, 0.5) is 0 Å². The van der Waals surface area contributed by atoms with Crippen LogP contribution in [0.15, 0.2) is 28.1 Å². The molecule has 10 nitrogen and oxygen atoms in total. The summed E-state index contributed by atoms with van der Waals surface area (Å²) in [4.78, 5) is 17.5. The number of carbonyl (C=O) groups is 1. The lowest BCUT2D eigenvalue weighted by atomic mass is 9.98. The second-order valence-corrected chi connectivity index (χ2v) is 11.6. The fourth-order valence-corrected chi connectivity index (χ4v) is 5.92. The second-order valence-electron chi connectivity index (χ2n) is 7.09. The molecular formula is C17H24N4O6S3. The summed E-state index contributed by atoms with van der Waals surface area (Å²) >= 11 is 1.20. The first kappa shape index (κ1) is 23.0. The van der Waals surface area contributed by atoms with Crippen LogP contribution in [0.2, 0.25) is 0 Å². The van der Waals surface area contributed by atoms with Gasteiger partial charge in [-0.3, -0.25) is 4.79 Å². The Labute approximate surface area is 179 Å². The molecule has 0 saturated carbocycles. The molecule has 0 radical (unpaired) electrons. The van der Waals surface area contributed by atoms with Gasteiger partial charge in [-0.05, 0) is 31.0 Å². The lowest BCUT2D eigenvalue weighted by molar-refractivity contribution is -0.122. The number of amides is 1. The van der Waals surface area contributed by atoms with Gasteiger partial charge in [0, 0.05) is 32.7 Å². The molecule has 0 spiro atoms. The summed E-state index contributed by atoms with van der Waals surface area (Å²) in [5.41, 5.74) is 0.725. The minimum absolute atomic E-state index is 0.0128. The second kappa shape index (κ2) is 8.85. The zero-order chi connectivity index (χ0) is 22.1. The number of sulfonamides is 2. The Kier molecular flexibility index (Phi) is 6.79. The number of nitrogens with two attached hydrogens (primary N) is 1. The van der Waals surface area contributed by atoms with Crippen molar-refractivity contribution in [3.8, 4) is 0 Å². The average Bonchev–Trinajstić information content (AvgIpc) is 3.01. The molecule has 30 heavy (non-hydrogen) atoms. The first-order valence-electron chi connectivity index (χ1n) is 9.19. The van der Waals surface area contributed by atoms with E-state index in [4.69, 9.17) is 9.88 Å². The standard InChI is InChI=1S/C17H24N4O6S3/c1-27-10-9-21-14-4-3-13(30(18,25)26)11-15(14)28-17(21)19-16(22)12-5-7-20(8-6-12)29(2,23)24/h3-4,11-12H,5-10H2,1-2H3,(H2,18,25,26). The number of rotatable bonds is 6. The number of methoxy groups -OCH3 is 1. The van der Waals surface area contributed by atoms with E-state index in [0.29, 0.717) is 48.6 Å². The number of fused-ring (bicyclic) bond motifs is 1. The molecule has 13 heteroatoms. The van der Waals surface area contributed by atoms with Gasteiger partial charge in [0.1, 0.15) is 0 Å². The molecule has 0 aliphatic carbocycles. The summed E-state index contributed by atoms with van der Waals surface area (Å²) < 4.78 is 55.5. The van der Waals surface area contributed by atoms with Gasteiger partial charge in [-0.15, -0.1) is 0 Å². The van der Waals surface area contributed by atoms with Crippen molar-refractivity contribution in [2.24, 2.45) is 16.0 Å². The molecule has 1 aromatic heterocycles. The van der Waals surface area contributed by atoms with Gasteiger partial charge >= 0.3 is 0 Å². The molecule has 1 amide bonds. The smallest absolute Gasteiger partial charge is 0.251 e. The van der Waals surface area contributed by atoms with Gasteiger partial charge in [-0.1, -0.05) is 11.3 Å². The van der Waals surface area contributed by atoms with Gasteiger partial charge in [-0.25, -0.2) is 26.3 Å². The van der Waals surface area contributed by atoms with Crippen LogP contribution in [-0.4, -0.2) is 64.7 Å². The number of piperidine rings is 1. The minimum atomic E-state index is -3.85. The summed E-state index contributed by atoms with van der Waals surface area (Å²) in [7, 11) is -5.56. The van der Waals surface area contributed by atoms with Gasteiger partial charge in [0.25, 0.3) is 5.91 Å². The van der Waals surface area contributed by atoms with Crippen LogP contribution >= 0.6 is 11.3 Å². The van der Waals surface area contributed by atoms with E-state index >= 15 is 0 Å². The fourth-order valence-electron chi connectivity index (χ4n) is 3.33. The fraction of sp³-hybridized carbons (Fsp3) is 0.529. The number of thiazole rings is 1. The van der Waals surface area contributed by atoms with Crippen LogP contribution in [0.1, 0.15) is 12.8 Å². The molecule has 0 unspecified atom stereocenters. The molecule has 1 fully saturated rings. The number of nitrogens with zero attached hydrogens (tertiary/aromatic N) is 3. The van der Waals surface area contributed by atoms with Crippen molar-refractivity contribution in [3.05, 3.63) is 23.0 Å². The van der Waals surface area contributed by atoms with Crippen LogP contribution in [0.3, 0.4) is 0 Å². The quantitative estimate of drug-likeness (QED) is 0.627. The Hall–Kier alpha value is -1.64. The van der Waals surface area contributed by atoms with Crippen LogP contribution in [0.5, 0.6) is 0 Å². The van der Waals surface area contributed by atoms with Gasteiger partial charge < -0.3 is 9.30 Å². The number of benzene rings is 1. The van der Waals surface area contributed by atoms with Gasteiger partial charge in [0.2, 0.25) is 20.0 Å². The predicted octanol–water partition coefficient (Wildman–Crippen LogP) is 0.0955. The maximum absolute atomic E-state index is 12.8. The molecule has 1 aliphatic heterocycles. The van der Waals surface area contributed by atoms with Crippen LogP contribution in [-0.2, 0) is 36.1 Å². The van der Waals surface area contributed by atoms with E-state index in [1.165, 1.54) is 27.8 Å².